The number of hydrogen-bond acceptors (Lipinski definition) is 4. The van der Waals surface area contributed by atoms with Crippen LogP contribution >= 0.6 is 11.6 Å². The summed E-state index contributed by atoms with van der Waals surface area (Å²) in [6.07, 6.45) is 0.846. The van der Waals surface area contributed by atoms with Crippen LogP contribution < -0.4 is 5.32 Å². The Kier molecular flexibility index (Phi) is 5.50. The number of amides is 1. The summed E-state index contributed by atoms with van der Waals surface area (Å²) >= 11 is 5.81. The SMILES string of the molecule is O=C(Nc1ccccc1O)C1CCN(S(=O)(=O)c2ccc(Cl)cc2)CC1. The number of phenols is 1. The highest BCUT2D eigenvalue weighted by Crippen LogP contribution is 2.27. The van der Waals surface area contributed by atoms with E-state index in [1.165, 1.54) is 22.5 Å². The molecule has 6 nitrogen and oxygen atoms in total. The first kappa shape index (κ1) is 18.7. The molecule has 0 atom stereocenters. The number of para-hydroxylation sites is 2. The zero-order valence-electron chi connectivity index (χ0n) is 13.9. The highest BCUT2D eigenvalue weighted by Gasteiger charge is 2.32. The molecule has 26 heavy (non-hydrogen) atoms. The van der Waals surface area contributed by atoms with E-state index in [0.717, 1.165) is 0 Å². The first-order valence-electron chi connectivity index (χ1n) is 8.22. The number of carbonyl (C=O) groups excluding carboxylic acids is 1. The normalized spacial score (nSPS) is 16.3. The molecular weight excluding hydrogens is 376 g/mol. The largest absolute Gasteiger partial charge is 0.506 e. The number of halogens is 1. The topological polar surface area (TPSA) is 86.7 Å². The number of sulfonamides is 1. The third kappa shape index (κ3) is 4.00. The quantitative estimate of drug-likeness (QED) is 0.780. The lowest BCUT2D eigenvalue weighted by atomic mass is 9.97. The summed E-state index contributed by atoms with van der Waals surface area (Å²) in [6, 6.07) is 12.6. The van der Waals surface area contributed by atoms with Gasteiger partial charge in [0.1, 0.15) is 5.75 Å². The van der Waals surface area contributed by atoms with E-state index in [0.29, 0.717) is 23.6 Å². The van der Waals surface area contributed by atoms with Gasteiger partial charge >= 0.3 is 0 Å². The molecule has 3 rings (SSSR count). The molecule has 0 unspecified atom stereocenters. The number of rotatable bonds is 4. The molecule has 0 saturated carbocycles. The molecule has 1 heterocycles. The Labute approximate surface area is 157 Å². The molecule has 1 aliphatic rings. The molecule has 1 amide bonds. The highest BCUT2D eigenvalue weighted by molar-refractivity contribution is 7.89. The molecule has 0 radical (unpaired) electrons. The van der Waals surface area contributed by atoms with Crippen LogP contribution in [0.1, 0.15) is 12.8 Å². The summed E-state index contributed by atoms with van der Waals surface area (Å²) in [5.74, 6) is -0.509. The number of nitrogens with one attached hydrogen (secondary N) is 1. The highest BCUT2D eigenvalue weighted by atomic mass is 35.5. The monoisotopic (exact) mass is 394 g/mol. The van der Waals surface area contributed by atoms with E-state index < -0.39 is 10.0 Å². The van der Waals surface area contributed by atoms with E-state index in [2.05, 4.69) is 5.32 Å². The van der Waals surface area contributed by atoms with Crippen LogP contribution in [0.4, 0.5) is 5.69 Å². The predicted molar refractivity (Wildman–Crippen MR) is 99.7 cm³/mol. The van der Waals surface area contributed by atoms with Gasteiger partial charge in [0.05, 0.1) is 10.6 Å². The average Bonchev–Trinajstić information content (AvgIpc) is 2.64. The average molecular weight is 395 g/mol. The summed E-state index contributed by atoms with van der Waals surface area (Å²) in [5, 5.41) is 12.9. The molecule has 1 saturated heterocycles. The summed E-state index contributed by atoms with van der Waals surface area (Å²) in [6.45, 7) is 0.535. The molecule has 0 bridgehead atoms. The van der Waals surface area contributed by atoms with Gasteiger partial charge in [-0.2, -0.15) is 4.31 Å². The van der Waals surface area contributed by atoms with E-state index in [1.54, 1.807) is 30.3 Å². The summed E-state index contributed by atoms with van der Waals surface area (Å²) in [7, 11) is -3.59. The number of phenolic OH excluding ortho intramolecular Hbond substituents is 1. The molecule has 2 N–H and O–H groups in total. The van der Waals surface area contributed by atoms with Gasteiger partial charge in [-0.1, -0.05) is 23.7 Å². The van der Waals surface area contributed by atoms with Crippen LogP contribution in [0.3, 0.4) is 0 Å². The maximum Gasteiger partial charge on any atom is 0.243 e. The van der Waals surface area contributed by atoms with Gasteiger partial charge in [-0.05, 0) is 49.2 Å². The van der Waals surface area contributed by atoms with Crippen molar-refractivity contribution in [1.29, 1.82) is 0 Å². The Bertz CT molecular complexity index is 892. The molecule has 0 spiro atoms. The number of carbonyl (C=O) groups is 1. The lowest BCUT2D eigenvalue weighted by Crippen LogP contribution is -2.41. The molecule has 2 aromatic carbocycles. The van der Waals surface area contributed by atoms with Crippen molar-refractivity contribution >= 4 is 33.2 Å². The Hall–Kier alpha value is -2.09. The fourth-order valence-electron chi connectivity index (χ4n) is 2.93. The molecule has 0 aromatic heterocycles. The van der Waals surface area contributed by atoms with Crippen molar-refractivity contribution in [3.63, 3.8) is 0 Å². The molecule has 0 aliphatic carbocycles. The first-order chi connectivity index (χ1) is 12.4. The second kappa shape index (κ2) is 7.65. The summed E-state index contributed by atoms with van der Waals surface area (Å²) < 4.78 is 26.7. The fourth-order valence-corrected chi connectivity index (χ4v) is 4.52. The van der Waals surface area contributed by atoms with Gasteiger partial charge in [0.15, 0.2) is 0 Å². The van der Waals surface area contributed by atoms with Crippen molar-refractivity contribution in [2.75, 3.05) is 18.4 Å². The number of benzene rings is 2. The Morgan fingerprint density at radius 2 is 1.69 bits per heavy atom. The van der Waals surface area contributed by atoms with Gasteiger partial charge in [-0.25, -0.2) is 8.42 Å². The van der Waals surface area contributed by atoms with Crippen molar-refractivity contribution in [2.24, 2.45) is 5.92 Å². The van der Waals surface area contributed by atoms with Crippen LogP contribution in [0.5, 0.6) is 5.75 Å². The lowest BCUT2D eigenvalue weighted by Gasteiger charge is -2.30. The molecular formula is C18H19ClN2O4S. The third-order valence-electron chi connectivity index (χ3n) is 4.44. The molecule has 1 fully saturated rings. The summed E-state index contributed by atoms with van der Waals surface area (Å²) in [5.41, 5.74) is 0.355. The van der Waals surface area contributed by atoms with Crippen LogP contribution in [0.2, 0.25) is 5.02 Å². The lowest BCUT2D eigenvalue weighted by molar-refractivity contribution is -0.120. The minimum atomic E-state index is -3.59. The van der Waals surface area contributed by atoms with E-state index in [1.807, 2.05) is 0 Å². The van der Waals surface area contributed by atoms with E-state index in [-0.39, 0.29) is 35.6 Å². The third-order valence-corrected chi connectivity index (χ3v) is 6.60. The molecule has 8 heteroatoms. The van der Waals surface area contributed by atoms with Crippen molar-refractivity contribution in [2.45, 2.75) is 17.7 Å². The van der Waals surface area contributed by atoms with Gasteiger partial charge in [0.2, 0.25) is 15.9 Å². The van der Waals surface area contributed by atoms with E-state index >= 15 is 0 Å². The summed E-state index contributed by atoms with van der Waals surface area (Å²) in [4.78, 5) is 12.6. The number of hydrogen-bond donors (Lipinski definition) is 2. The number of aromatic hydroxyl groups is 1. The van der Waals surface area contributed by atoms with Gasteiger partial charge < -0.3 is 10.4 Å². The van der Waals surface area contributed by atoms with Crippen molar-refractivity contribution in [3.05, 3.63) is 53.6 Å². The predicted octanol–water partition coefficient (Wildman–Crippen LogP) is 3.09. The van der Waals surface area contributed by atoms with Gasteiger partial charge in [0.25, 0.3) is 0 Å². The van der Waals surface area contributed by atoms with Crippen molar-refractivity contribution in [3.8, 4) is 5.75 Å². The second-order valence-electron chi connectivity index (χ2n) is 6.14. The van der Waals surface area contributed by atoms with Gasteiger partial charge in [-0.3, -0.25) is 4.79 Å². The van der Waals surface area contributed by atoms with Crippen LogP contribution in [0.25, 0.3) is 0 Å². The maximum atomic E-state index is 12.7. The Morgan fingerprint density at radius 1 is 1.08 bits per heavy atom. The zero-order valence-corrected chi connectivity index (χ0v) is 15.5. The van der Waals surface area contributed by atoms with Gasteiger partial charge in [0, 0.05) is 24.0 Å². The standard InChI is InChI=1S/C18H19ClN2O4S/c19-14-5-7-15(8-6-14)26(24,25)21-11-9-13(10-12-21)18(23)20-16-3-1-2-4-17(16)22/h1-8,13,22H,9-12H2,(H,20,23). The van der Waals surface area contributed by atoms with Crippen LogP contribution in [-0.4, -0.2) is 36.8 Å². The van der Waals surface area contributed by atoms with Crippen LogP contribution in [-0.2, 0) is 14.8 Å². The Morgan fingerprint density at radius 3 is 2.31 bits per heavy atom. The number of nitrogens with zero attached hydrogens (tertiary/aromatic N) is 1. The Balaban J connectivity index is 1.62. The van der Waals surface area contributed by atoms with E-state index in [9.17, 15) is 18.3 Å². The van der Waals surface area contributed by atoms with Crippen LogP contribution in [0.15, 0.2) is 53.4 Å². The smallest absolute Gasteiger partial charge is 0.243 e. The van der Waals surface area contributed by atoms with Gasteiger partial charge in [-0.15, -0.1) is 0 Å². The minimum Gasteiger partial charge on any atom is -0.506 e. The van der Waals surface area contributed by atoms with E-state index in [4.69, 9.17) is 11.6 Å². The molecule has 1 aliphatic heterocycles. The number of piperidine rings is 1. The first-order valence-corrected chi connectivity index (χ1v) is 10.0. The minimum absolute atomic E-state index is 0.00334. The maximum absolute atomic E-state index is 12.7. The zero-order chi connectivity index (χ0) is 18.7. The van der Waals surface area contributed by atoms with Crippen LogP contribution in [0, 0.1) is 5.92 Å². The van der Waals surface area contributed by atoms with Crippen molar-refractivity contribution in [1.82, 2.24) is 4.31 Å². The molecule has 2 aromatic rings. The second-order valence-corrected chi connectivity index (χ2v) is 8.51. The van der Waals surface area contributed by atoms with Crippen molar-refractivity contribution < 1.29 is 18.3 Å². The fraction of sp³-hybridized carbons (Fsp3) is 0.278. The number of anilines is 1. The molecule has 138 valence electrons.